The highest BCUT2D eigenvalue weighted by Gasteiger charge is 2.52. The number of nitrogens with one attached hydrogen (secondary N) is 1. The lowest BCUT2D eigenvalue weighted by atomic mass is 9.78. The predicted molar refractivity (Wildman–Crippen MR) is 78.6 cm³/mol. The van der Waals surface area contributed by atoms with Gasteiger partial charge in [0.05, 0.1) is 0 Å². The van der Waals surface area contributed by atoms with Crippen LogP contribution in [0.3, 0.4) is 0 Å². The molecule has 0 bridgehead atoms. The smallest absolute Gasteiger partial charge is 0.000813 e. The van der Waals surface area contributed by atoms with Gasteiger partial charge < -0.3 is 5.32 Å². The average molecular weight is 255 g/mol. The molecule has 0 radical (unpaired) electrons. The summed E-state index contributed by atoms with van der Waals surface area (Å²) >= 11 is 2.00. The maximum atomic E-state index is 3.73. The van der Waals surface area contributed by atoms with E-state index in [-0.39, 0.29) is 0 Å². The van der Waals surface area contributed by atoms with Crippen molar-refractivity contribution in [3.63, 3.8) is 0 Å². The SMILES string of the molecule is CSCCCC1(CNCC(C)C)CC2CC2C1. The van der Waals surface area contributed by atoms with E-state index in [4.69, 9.17) is 0 Å². The van der Waals surface area contributed by atoms with Crippen molar-refractivity contribution >= 4 is 11.8 Å². The van der Waals surface area contributed by atoms with Crippen molar-refractivity contribution in [1.29, 1.82) is 0 Å². The van der Waals surface area contributed by atoms with Crippen molar-refractivity contribution in [1.82, 2.24) is 5.32 Å². The summed E-state index contributed by atoms with van der Waals surface area (Å²) in [5.74, 6) is 4.37. The highest BCUT2D eigenvalue weighted by molar-refractivity contribution is 7.98. The van der Waals surface area contributed by atoms with Gasteiger partial charge in [-0.2, -0.15) is 11.8 Å². The number of rotatable bonds is 8. The largest absolute Gasteiger partial charge is 0.316 e. The minimum atomic E-state index is 0.679. The first kappa shape index (κ1) is 13.7. The van der Waals surface area contributed by atoms with Gasteiger partial charge in [0.25, 0.3) is 0 Å². The summed E-state index contributed by atoms with van der Waals surface area (Å²) in [6.45, 7) is 7.09. The van der Waals surface area contributed by atoms with Crippen LogP contribution < -0.4 is 5.32 Å². The molecule has 0 spiro atoms. The molecule has 2 aliphatic rings. The predicted octanol–water partition coefficient (Wildman–Crippen LogP) is 3.79. The molecule has 0 saturated heterocycles. The Bertz CT molecular complexity index is 229. The van der Waals surface area contributed by atoms with Gasteiger partial charge in [-0.05, 0) is 73.8 Å². The second-order valence-corrected chi connectivity index (χ2v) is 7.77. The van der Waals surface area contributed by atoms with Crippen LogP contribution in [0.5, 0.6) is 0 Å². The van der Waals surface area contributed by atoms with Crippen LogP contribution in [0.4, 0.5) is 0 Å². The van der Waals surface area contributed by atoms with E-state index in [1.54, 1.807) is 6.42 Å². The van der Waals surface area contributed by atoms with Gasteiger partial charge in [-0.15, -0.1) is 0 Å². The Hall–Kier alpha value is 0.310. The van der Waals surface area contributed by atoms with Crippen LogP contribution in [0.25, 0.3) is 0 Å². The highest BCUT2D eigenvalue weighted by Crippen LogP contribution is 2.61. The normalized spacial score (nSPS) is 35.3. The summed E-state index contributed by atoms with van der Waals surface area (Å²) < 4.78 is 0. The zero-order valence-electron chi connectivity index (χ0n) is 11.8. The van der Waals surface area contributed by atoms with Crippen LogP contribution in [-0.4, -0.2) is 25.1 Å². The fraction of sp³-hybridized carbons (Fsp3) is 1.00. The molecule has 2 saturated carbocycles. The van der Waals surface area contributed by atoms with Gasteiger partial charge in [0.15, 0.2) is 0 Å². The fourth-order valence-electron chi connectivity index (χ4n) is 3.66. The lowest BCUT2D eigenvalue weighted by Crippen LogP contribution is -2.35. The first-order valence-corrected chi connectivity index (χ1v) is 8.74. The van der Waals surface area contributed by atoms with Gasteiger partial charge >= 0.3 is 0 Å². The van der Waals surface area contributed by atoms with Gasteiger partial charge in [-0.25, -0.2) is 0 Å². The summed E-state index contributed by atoms with van der Waals surface area (Å²) in [6.07, 6.45) is 9.72. The Morgan fingerprint density at radius 3 is 2.59 bits per heavy atom. The number of fused-ring (bicyclic) bond motifs is 1. The molecule has 0 aromatic rings. The molecule has 2 unspecified atom stereocenters. The maximum Gasteiger partial charge on any atom is 0.000813 e. The van der Waals surface area contributed by atoms with Crippen molar-refractivity contribution in [2.24, 2.45) is 23.2 Å². The molecule has 1 nitrogen and oxygen atoms in total. The van der Waals surface area contributed by atoms with Gasteiger partial charge in [0.2, 0.25) is 0 Å². The third-order valence-corrected chi connectivity index (χ3v) is 5.26. The van der Waals surface area contributed by atoms with Gasteiger partial charge in [0.1, 0.15) is 0 Å². The molecular weight excluding hydrogens is 226 g/mol. The first-order valence-electron chi connectivity index (χ1n) is 7.35. The second-order valence-electron chi connectivity index (χ2n) is 6.79. The van der Waals surface area contributed by atoms with Crippen LogP contribution in [0.2, 0.25) is 0 Å². The van der Waals surface area contributed by atoms with Crippen LogP contribution in [-0.2, 0) is 0 Å². The van der Waals surface area contributed by atoms with E-state index < -0.39 is 0 Å². The molecule has 0 aromatic heterocycles. The van der Waals surface area contributed by atoms with E-state index in [0.717, 1.165) is 17.8 Å². The Morgan fingerprint density at radius 1 is 1.29 bits per heavy atom. The molecule has 2 heteroatoms. The van der Waals surface area contributed by atoms with E-state index in [0.29, 0.717) is 5.41 Å². The molecule has 0 amide bonds. The minimum Gasteiger partial charge on any atom is -0.316 e. The van der Waals surface area contributed by atoms with Crippen molar-refractivity contribution in [3.8, 4) is 0 Å². The molecular formula is C15H29NS. The van der Waals surface area contributed by atoms with E-state index in [9.17, 15) is 0 Å². The van der Waals surface area contributed by atoms with Crippen LogP contribution in [0.1, 0.15) is 46.0 Å². The highest BCUT2D eigenvalue weighted by atomic mass is 32.2. The monoisotopic (exact) mass is 255 g/mol. The van der Waals surface area contributed by atoms with E-state index in [2.05, 4.69) is 25.4 Å². The standard InChI is InChI=1S/C15H29NS/c1-12(2)10-16-11-15(5-4-6-17-3)8-13-7-14(13)9-15/h12-14,16H,4-11H2,1-3H3. The lowest BCUT2D eigenvalue weighted by molar-refractivity contribution is 0.226. The Labute approximate surface area is 112 Å². The lowest BCUT2D eigenvalue weighted by Gasteiger charge is -2.32. The molecule has 2 rings (SSSR count). The van der Waals surface area contributed by atoms with Crippen LogP contribution in [0.15, 0.2) is 0 Å². The van der Waals surface area contributed by atoms with Gasteiger partial charge in [-0.3, -0.25) is 0 Å². The summed E-state index contributed by atoms with van der Waals surface area (Å²) in [5.41, 5.74) is 0.679. The second kappa shape index (κ2) is 5.97. The Kier molecular flexibility index (Phi) is 4.82. The quantitative estimate of drug-likeness (QED) is 0.662. The minimum absolute atomic E-state index is 0.679. The van der Waals surface area contributed by atoms with Crippen molar-refractivity contribution in [2.45, 2.75) is 46.0 Å². The summed E-state index contributed by atoms with van der Waals surface area (Å²) in [5, 5.41) is 3.73. The van der Waals surface area contributed by atoms with Crippen molar-refractivity contribution < 1.29 is 0 Å². The van der Waals surface area contributed by atoms with Crippen LogP contribution in [0, 0.1) is 23.2 Å². The average Bonchev–Trinajstić information content (AvgIpc) is 2.87. The number of hydrogen-bond acceptors (Lipinski definition) is 2. The fourth-order valence-corrected chi connectivity index (χ4v) is 4.09. The number of hydrogen-bond donors (Lipinski definition) is 1. The summed E-state index contributed by atoms with van der Waals surface area (Å²) in [6, 6.07) is 0. The third kappa shape index (κ3) is 3.89. The Balaban J connectivity index is 1.76. The van der Waals surface area contributed by atoms with E-state index >= 15 is 0 Å². The molecule has 2 aliphatic carbocycles. The molecule has 100 valence electrons. The third-order valence-electron chi connectivity index (χ3n) is 4.57. The zero-order chi connectivity index (χ0) is 12.3. The number of thioether (sulfide) groups is 1. The maximum absolute atomic E-state index is 3.73. The van der Waals surface area contributed by atoms with E-state index in [1.807, 2.05) is 11.8 Å². The molecule has 2 fully saturated rings. The summed E-state index contributed by atoms with van der Waals surface area (Å²) in [7, 11) is 0. The molecule has 17 heavy (non-hydrogen) atoms. The van der Waals surface area contributed by atoms with Crippen molar-refractivity contribution in [2.75, 3.05) is 25.1 Å². The van der Waals surface area contributed by atoms with Crippen LogP contribution >= 0.6 is 11.8 Å². The molecule has 0 aliphatic heterocycles. The Morgan fingerprint density at radius 2 is 2.00 bits per heavy atom. The molecule has 0 aromatic carbocycles. The first-order chi connectivity index (χ1) is 8.15. The molecule has 2 atom stereocenters. The van der Waals surface area contributed by atoms with Gasteiger partial charge in [-0.1, -0.05) is 13.8 Å². The topological polar surface area (TPSA) is 12.0 Å². The van der Waals surface area contributed by atoms with E-state index in [1.165, 1.54) is 44.5 Å². The summed E-state index contributed by atoms with van der Waals surface area (Å²) in [4.78, 5) is 0. The zero-order valence-corrected chi connectivity index (χ0v) is 12.6. The van der Waals surface area contributed by atoms with Crippen molar-refractivity contribution in [3.05, 3.63) is 0 Å². The molecule has 1 N–H and O–H groups in total. The van der Waals surface area contributed by atoms with Gasteiger partial charge in [0, 0.05) is 6.54 Å². The molecule has 0 heterocycles.